The topological polar surface area (TPSA) is 46.6 Å². The lowest BCUT2D eigenvalue weighted by Gasteiger charge is -2.17. The van der Waals surface area contributed by atoms with Gasteiger partial charge >= 0.3 is 0 Å². The third-order valence-corrected chi connectivity index (χ3v) is 3.90. The second kappa shape index (κ2) is 9.30. The van der Waals surface area contributed by atoms with Crippen LogP contribution in [0.4, 0.5) is 0 Å². The fraction of sp³-hybridized carbons (Fsp3) is 0.412. The lowest BCUT2D eigenvalue weighted by atomic mass is 10.1. The number of carbonyl (C=O) groups is 2. The predicted octanol–water partition coefficient (Wildman–Crippen LogP) is 3.53. The molecule has 1 aromatic rings. The van der Waals surface area contributed by atoms with Gasteiger partial charge in [-0.15, -0.1) is 0 Å². The van der Waals surface area contributed by atoms with Crippen molar-refractivity contribution >= 4 is 29.4 Å². The fourth-order valence-corrected chi connectivity index (χ4v) is 2.52. The maximum atomic E-state index is 12.4. The molecule has 1 aromatic carbocycles. The van der Waals surface area contributed by atoms with Crippen LogP contribution in [0.1, 0.15) is 30.9 Å². The molecule has 1 rings (SSSR count). The Labute approximate surface area is 136 Å². The molecule has 0 aliphatic carbocycles. The maximum Gasteiger partial charge on any atom is 0.260 e. The van der Waals surface area contributed by atoms with Gasteiger partial charge in [0.15, 0.2) is 5.62 Å². The molecule has 0 heterocycles. The zero-order chi connectivity index (χ0) is 16.5. The van der Waals surface area contributed by atoms with Crippen LogP contribution in [0.15, 0.2) is 23.1 Å². The highest BCUT2D eigenvalue weighted by atomic mass is 32.2. The minimum atomic E-state index is -0.145. The predicted molar refractivity (Wildman–Crippen MR) is 92.6 cm³/mol. The Morgan fingerprint density at radius 2 is 2.14 bits per heavy atom. The maximum absolute atomic E-state index is 12.4. The van der Waals surface area contributed by atoms with Crippen molar-refractivity contribution < 1.29 is 14.3 Å². The van der Waals surface area contributed by atoms with E-state index in [2.05, 4.69) is 6.92 Å². The molecule has 4 nitrogen and oxygen atoms in total. The van der Waals surface area contributed by atoms with Crippen molar-refractivity contribution in [3.05, 3.63) is 34.2 Å². The van der Waals surface area contributed by atoms with Crippen molar-refractivity contribution in [2.75, 3.05) is 20.7 Å². The van der Waals surface area contributed by atoms with Crippen LogP contribution in [0, 0.1) is 6.92 Å². The first kappa shape index (κ1) is 18.3. The molecule has 0 bridgehead atoms. The Bertz CT molecular complexity index is 555. The standard InChI is InChI=1S/C17H23NO3S/c1-5-6-9-18(3)17(20)16(22-12-19)11-14-8-7-13(2)10-15(14)21-4/h7-8,10-12H,5-6,9H2,1-4H3/b16-11-. The molecule has 22 heavy (non-hydrogen) atoms. The molecule has 0 aliphatic heterocycles. The first-order valence-corrected chi connectivity index (χ1v) is 8.13. The van der Waals surface area contributed by atoms with Crippen LogP contribution in [-0.4, -0.2) is 37.1 Å². The quantitative estimate of drug-likeness (QED) is 0.543. The van der Waals surface area contributed by atoms with E-state index in [1.165, 1.54) is 0 Å². The summed E-state index contributed by atoms with van der Waals surface area (Å²) < 4.78 is 5.34. The molecular formula is C17H23NO3S. The molecule has 0 saturated heterocycles. The Morgan fingerprint density at radius 1 is 1.41 bits per heavy atom. The average molecular weight is 321 g/mol. The first-order valence-electron chi connectivity index (χ1n) is 7.25. The molecule has 0 aromatic heterocycles. The van der Waals surface area contributed by atoms with Crippen LogP contribution in [-0.2, 0) is 9.59 Å². The van der Waals surface area contributed by atoms with E-state index in [-0.39, 0.29) is 5.91 Å². The van der Waals surface area contributed by atoms with Crippen LogP contribution in [0.5, 0.6) is 5.75 Å². The van der Waals surface area contributed by atoms with Gasteiger partial charge in [0.1, 0.15) is 5.75 Å². The second-order valence-corrected chi connectivity index (χ2v) is 5.92. The highest BCUT2D eigenvalue weighted by molar-refractivity contribution is 8.16. The third-order valence-electron chi connectivity index (χ3n) is 3.26. The zero-order valence-corrected chi connectivity index (χ0v) is 14.4. The van der Waals surface area contributed by atoms with Gasteiger partial charge < -0.3 is 9.64 Å². The summed E-state index contributed by atoms with van der Waals surface area (Å²) in [5.74, 6) is 0.543. The van der Waals surface area contributed by atoms with Crippen LogP contribution in [0.25, 0.3) is 6.08 Å². The van der Waals surface area contributed by atoms with Crippen molar-refractivity contribution in [3.8, 4) is 5.75 Å². The van der Waals surface area contributed by atoms with Gasteiger partial charge in [0, 0.05) is 19.2 Å². The number of benzene rings is 1. The minimum Gasteiger partial charge on any atom is -0.496 e. The van der Waals surface area contributed by atoms with Gasteiger partial charge in [-0.3, -0.25) is 9.59 Å². The van der Waals surface area contributed by atoms with Crippen LogP contribution in [0.3, 0.4) is 0 Å². The summed E-state index contributed by atoms with van der Waals surface area (Å²) in [5, 5.41) is 0. The van der Waals surface area contributed by atoms with Crippen LogP contribution >= 0.6 is 11.8 Å². The minimum absolute atomic E-state index is 0.145. The lowest BCUT2D eigenvalue weighted by molar-refractivity contribution is -0.125. The molecule has 120 valence electrons. The van der Waals surface area contributed by atoms with Crippen molar-refractivity contribution in [2.24, 2.45) is 0 Å². The highest BCUT2D eigenvalue weighted by Gasteiger charge is 2.16. The van der Waals surface area contributed by atoms with E-state index in [1.54, 1.807) is 25.1 Å². The summed E-state index contributed by atoms with van der Waals surface area (Å²) in [6, 6.07) is 5.74. The summed E-state index contributed by atoms with van der Waals surface area (Å²) in [6.45, 7) is 4.73. The summed E-state index contributed by atoms with van der Waals surface area (Å²) in [5.41, 5.74) is 2.54. The number of aryl methyl sites for hydroxylation is 1. The molecule has 0 unspecified atom stereocenters. The van der Waals surface area contributed by atoms with Gasteiger partial charge in [-0.2, -0.15) is 0 Å². The third kappa shape index (κ3) is 5.22. The smallest absolute Gasteiger partial charge is 0.260 e. The molecule has 0 N–H and O–H groups in total. The number of nitrogens with zero attached hydrogens (tertiary/aromatic N) is 1. The van der Waals surface area contributed by atoms with Gasteiger partial charge in [0.25, 0.3) is 5.91 Å². The van der Waals surface area contributed by atoms with Crippen molar-refractivity contribution in [2.45, 2.75) is 26.7 Å². The Kier molecular flexibility index (Phi) is 7.74. The van der Waals surface area contributed by atoms with E-state index in [9.17, 15) is 9.59 Å². The number of thioether (sulfide) groups is 1. The Hall–Kier alpha value is -1.75. The summed E-state index contributed by atoms with van der Waals surface area (Å²) in [7, 11) is 3.34. The van der Waals surface area contributed by atoms with E-state index in [0.29, 0.717) is 22.8 Å². The Balaban J connectivity index is 3.08. The largest absolute Gasteiger partial charge is 0.496 e. The lowest BCUT2D eigenvalue weighted by Crippen LogP contribution is -2.28. The number of rotatable bonds is 8. The van der Waals surface area contributed by atoms with Gasteiger partial charge in [0.2, 0.25) is 0 Å². The molecule has 0 spiro atoms. The number of hydrogen-bond acceptors (Lipinski definition) is 4. The second-order valence-electron chi connectivity index (χ2n) is 5.05. The normalized spacial score (nSPS) is 11.2. The number of methoxy groups -OCH3 is 1. The molecule has 1 amide bonds. The molecule has 0 radical (unpaired) electrons. The van der Waals surface area contributed by atoms with Gasteiger partial charge in [-0.05, 0) is 42.8 Å². The number of amides is 1. The van der Waals surface area contributed by atoms with Crippen LogP contribution < -0.4 is 4.74 Å². The summed E-state index contributed by atoms with van der Waals surface area (Å²) >= 11 is 0.898. The Morgan fingerprint density at radius 3 is 2.73 bits per heavy atom. The van der Waals surface area contributed by atoms with Gasteiger partial charge in [0.05, 0.1) is 12.0 Å². The molecule has 5 heteroatoms. The summed E-state index contributed by atoms with van der Waals surface area (Å²) in [4.78, 5) is 25.4. The monoisotopic (exact) mass is 321 g/mol. The highest BCUT2D eigenvalue weighted by Crippen LogP contribution is 2.26. The SMILES string of the molecule is CCCCN(C)C(=O)/C(=C/c1ccc(C)cc1OC)SC=O. The molecule has 0 saturated carbocycles. The molecule has 0 atom stereocenters. The molecule has 0 fully saturated rings. The van der Waals surface area contributed by atoms with Crippen LogP contribution in [0.2, 0.25) is 0 Å². The number of unbranched alkanes of at least 4 members (excludes halogenated alkanes) is 1. The number of ether oxygens (including phenoxy) is 1. The van der Waals surface area contributed by atoms with E-state index in [1.807, 2.05) is 25.1 Å². The van der Waals surface area contributed by atoms with Crippen molar-refractivity contribution in [3.63, 3.8) is 0 Å². The van der Waals surface area contributed by atoms with E-state index < -0.39 is 0 Å². The zero-order valence-electron chi connectivity index (χ0n) is 13.6. The number of likely N-dealkylation sites (N-methyl/N-ethyl adjacent to an activating group) is 1. The number of carbonyl (C=O) groups excluding carboxylic acids is 2. The first-order chi connectivity index (χ1) is 10.5. The summed E-state index contributed by atoms with van der Waals surface area (Å²) in [6.07, 6.45) is 3.67. The van der Waals surface area contributed by atoms with Gasteiger partial charge in [-0.25, -0.2) is 0 Å². The molecular weight excluding hydrogens is 298 g/mol. The average Bonchev–Trinajstić information content (AvgIpc) is 2.52. The van der Waals surface area contributed by atoms with E-state index in [4.69, 9.17) is 4.74 Å². The molecule has 0 aliphatic rings. The van der Waals surface area contributed by atoms with E-state index in [0.717, 1.165) is 35.7 Å². The van der Waals surface area contributed by atoms with E-state index >= 15 is 0 Å². The number of hydrogen-bond donors (Lipinski definition) is 0. The fourth-order valence-electron chi connectivity index (χ4n) is 1.96. The van der Waals surface area contributed by atoms with Crippen molar-refractivity contribution in [1.29, 1.82) is 0 Å². The van der Waals surface area contributed by atoms with Crippen molar-refractivity contribution in [1.82, 2.24) is 4.90 Å². The van der Waals surface area contributed by atoms with Gasteiger partial charge in [-0.1, -0.05) is 25.5 Å².